The molecule has 5 nitrogen and oxygen atoms in total. The van der Waals surface area contributed by atoms with E-state index < -0.39 is 0 Å². The third-order valence-corrected chi connectivity index (χ3v) is 4.58. The van der Waals surface area contributed by atoms with Crippen LogP contribution in [0, 0.1) is 6.92 Å². The molecule has 0 saturated heterocycles. The lowest BCUT2D eigenvalue weighted by Crippen LogP contribution is -2.27. The number of aryl methyl sites for hydroxylation is 1. The van der Waals surface area contributed by atoms with Crippen molar-refractivity contribution in [2.24, 2.45) is 0 Å². The smallest absolute Gasteiger partial charge is 0.227 e. The monoisotopic (exact) mass is 361 g/mol. The fourth-order valence-electron chi connectivity index (χ4n) is 2.97. The molecule has 2 heterocycles. The zero-order chi connectivity index (χ0) is 19.1. The first-order chi connectivity index (χ1) is 13.2. The van der Waals surface area contributed by atoms with E-state index in [0.29, 0.717) is 0 Å². The summed E-state index contributed by atoms with van der Waals surface area (Å²) in [6.07, 6.45) is 4.60. The van der Waals surface area contributed by atoms with Gasteiger partial charge in [0.25, 0.3) is 0 Å². The molecule has 0 aliphatic carbocycles. The van der Waals surface area contributed by atoms with Gasteiger partial charge in [0.2, 0.25) is 5.95 Å². The van der Waals surface area contributed by atoms with Crippen LogP contribution in [0.15, 0.2) is 60.9 Å². The number of nitrogens with zero attached hydrogens (tertiary/aromatic N) is 5. The quantitative estimate of drug-likeness (QED) is 0.609. The lowest BCUT2D eigenvalue weighted by Gasteiger charge is -2.25. The highest BCUT2D eigenvalue weighted by Crippen LogP contribution is 2.19. The highest BCUT2D eigenvalue weighted by Gasteiger charge is 2.12. The first-order valence-electron chi connectivity index (χ1n) is 9.40. The summed E-state index contributed by atoms with van der Waals surface area (Å²) in [5, 5.41) is 0. The van der Waals surface area contributed by atoms with Crippen LogP contribution in [0.5, 0.6) is 0 Å². The van der Waals surface area contributed by atoms with E-state index in [1.54, 1.807) is 0 Å². The fraction of sp³-hybridized carbons (Fsp3) is 0.318. The molecular weight excluding hydrogens is 334 g/mol. The number of rotatable bonds is 8. The molecule has 0 aliphatic heterocycles. The Morgan fingerprint density at radius 2 is 1.67 bits per heavy atom. The SMILES string of the molecule is CCN(Cc1ccccc1)c1cc(C)nc(N(C)CCc2ccncc2)n1. The number of hydrogen-bond donors (Lipinski definition) is 0. The normalized spacial score (nSPS) is 10.6. The minimum Gasteiger partial charge on any atom is -0.352 e. The van der Waals surface area contributed by atoms with Crippen LogP contribution in [0.1, 0.15) is 23.7 Å². The molecule has 0 saturated carbocycles. The molecule has 0 bridgehead atoms. The Morgan fingerprint density at radius 1 is 0.926 bits per heavy atom. The molecule has 1 aromatic carbocycles. The Labute approximate surface area is 161 Å². The van der Waals surface area contributed by atoms with Crippen LogP contribution in [0.25, 0.3) is 0 Å². The highest BCUT2D eigenvalue weighted by molar-refractivity contribution is 5.46. The molecule has 0 fully saturated rings. The van der Waals surface area contributed by atoms with Crippen molar-refractivity contribution in [3.05, 3.63) is 77.7 Å². The van der Waals surface area contributed by atoms with Crippen LogP contribution in [0.3, 0.4) is 0 Å². The van der Waals surface area contributed by atoms with Crippen LogP contribution in [-0.4, -0.2) is 35.1 Å². The van der Waals surface area contributed by atoms with Crippen molar-refractivity contribution in [2.75, 3.05) is 29.9 Å². The molecule has 0 unspecified atom stereocenters. The van der Waals surface area contributed by atoms with E-state index in [9.17, 15) is 0 Å². The van der Waals surface area contributed by atoms with Crippen molar-refractivity contribution in [3.8, 4) is 0 Å². The molecule has 0 N–H and O–H groups in total. The lowest BCUT2D eigenvalue weighted by atomic mass is 10.2. The lowest BCUT2D eigenvalue weighted by molar-refractivity contribution is 0.788. The average molecular weight is 361 g/mol. The third kappa shape index (κ3) is 5.26. The molecule has 140 valence electrons. The van der Waals surface area contributed by atoms with E-state index in [4.69, 9.17) is 4.98 Å². The van der Waals surface area contributed by atoms with Crippen LogP contribution in [0.2, 0.25) is 0 Å². The van der Waals surface area contributed by atoms with Gasteiger partial charge in [0, 0.05) is 50.8 Å². The summed E-state index contributed by atoms with van der Waals surface area (Å²) in [5.74, 6) is 1.74. The van der Waals surface area contributed by atoms with Gasteiger partial charge in [0.15, 0.2) is 0 Å². The Balaban J connectivity index is 1.74. The van der Waals surface area contributed by atoms with E-state index in [1.807, 2.05) is 32.4 Å². The standard InChI is InChI=1S/C22H27N5/c1-4-27(17-20-8-6-5-7-9-20)21-16-18(2)24-22(25-21)26(3)15-12-19-10-13-23-14-11-19/h5-11,13-14,16H,4,12,15,17H2,1-3H3. The molecule has 5 heteroatoms. The number of benzene rings is 1. The predicted molar refractivity (Wildman–Crippen MR) is 111 cm³/mol. The fourth-order valence-corrected chi connectivity index (χ4v) is 2.97. The Kier molecular flexibility index (Phi) is 6.36. The van der Waals surface area contributed by atoms with Gasteiger partial charge in [0.05, 0.1) is 0 Å². The van der Waals surface area contributed by atoms with E-state index in [2.05, 4.69) is 69.2 Å². The van der Waals surface area contributed by atoms with Crippen molar-refractivity contribution in [3.63, 3.8) is 0 Å². The van der Waals surface area contributed by atoms with Gasteiger partial charge in [-0.15, -0.1) is 0 Å². The van der Waals surface area contributed by atoms with Crippen LogP contribution in [-0.2, 0) is 13.0 Å². The Morgan fingerprint density at radius 3 is 2.37 bits per heavy atom. The zero-order valence-corrected chi connectivity index (χ0v) is 16.3. The predicted octanol–water partition coefficient (Wildman–Crippen LogP) is 3.89. The van der Waals surface area contributed by atoms with E-state index >= 15 is 0 Å². The molecule has 2 aromatic heterocycles. The summed E-state index contributed by atoms with van der Waals surface area (Å²) in [6.45, 7) is 6.78. The maximum atomic E-state index is 4.84. The first kappa shape index (κ1) is 18.8. The average Bonchev–Trinajstić information content (AvgIpc) is 2.71. The maximum absolute atomic E-state index is 4.84. The van der Waals surface area contributed by atoms with Crippen molar-refractivity contribution in [1.29, 1.82) is 0 Å². The van der Waals surface area contributed by atoms with Gasteiger partial charge in [-0.05, 0) is 43.5 Å². The van der Waals surface area contributed by atoms with Gasteiger partial charge < -0.3 is 9.80 Å². The maximum Gasteiger partial charge on any atom is 0.227 e. The first-order valence-corrected chi connectivity index (χ1v) is 9.40. The second-order valence-electron chi connectivity index (χ2n) is 6.69. The van der Waals surface area contributed by atoms with Crippen LogP contribution >= 0.6 is 0 Å². The largest absolute Gasteiger partial charge is 0.352 e. The van der Waals surface area contributed by atoms with Gasteiger partial charge in [-0.1, -0.05) is 30.3 Å². The molecule has 0 radical (unpaired) electrons. The summed E-state index contributed by atoms with van der Waals surface area (Å²) in [5.41, 5.74) is 3.53. The molecule has 0 spiro atoms. The summed E-state index contributed by atoms with van der Waals surface area (Å²) in [4.78, 5) is 18.0. The van der Waals surface area contributed by atoms with E-state index in [-0.39, 0.29) is 0 Å². The number of anilines is 2. The minimum absolute atomic E-state index is 0.769. The zero-order valence-electron chi connectivity index (χ0n) is 16.3. The number of hydrogen-bond acceptors (Lipinski definition) is 5. The Hall–Kier alpha value is -2.95. The van der Waals surface area contributed by atoms with Crippen molar-refractivity contribution >= 4 is 11.8 Å². The highest BCUT2D eigenvalue weighted by atomic mass is 15.3. The van der Waals surface area contributed by atoms with E-state index in [1.165, 1.54) is 11.1 Å². The molecular formula is C22H27N5. The number of pyridine rings is 1. The molecule has 0 atom stereocenters. The van der Waals surface area contributed by atoms with E-state index in [0.717, 1.165) is 43.5 Å². The van der Waals surface area contributed by atoms with Crippen molar-refractivity contribution in [1.82, 2.24) is 15.0 Å². The minimum atomic E-state index is 0.769. The molecule has 0 aliphatic rings. The topological polar surface area (TPSA) is 45.2 Å². The van der Waals surface area contributed by atoms with Gasteiger partial charge >= 0.3 is 0 Å². The summed E-state index contributed by atoms with van der Waals surface area (Å²) < 4.78 is 0. The van der Waals surface area contributed by atoms with Crippen molar-refractivity contribution in [2.45, 2.75) is 26.8 Å². The van der Waals surface area contributed by atoms with Crippen LogP contribution < -0.4 is 9.80 Å². The second-order valence-corrected chi connectivity index (χ2v) is 6.69. The number of likely N-dealkylation sites (N-methyl/N-ethyl adjacent to an activating group) is 1. The molecule has 3 rings (SSSR count). The van der Waals surface area contributed by atoms with Crippen molar-refractivity contribution < 1.29 is 0 Å². The van der Waals surface area contributed by atoms with Gasteiger partial charge in [-0.2, -0.15) is 4.98 Å². The van der Waals surface area contributed by atoms with Gasteiger partial charge in [0.1, 0.15) is 5.82 Å². The van der Waals surface area contributed by atoms with Gasteiger partial charge in [-0.3, -0.25) is 4.98 Å². The van der Waals surface area contributed by atoms with Crippen LogP contribution in [0.4, 0.5) is 11.8 Å². The van der Waals surface area contributed by atoms with Gasteiger partial charge in [-0.25, -0.2) is 4.98 Å². The Bertz CT molecular complexity index is 836. The molecule has 27 heavy (non-hydrogen) atoms. The molecule has 3 aromatic rings. The second kappa shape index (κ2) is 9.12. The third-order valence-electron chi connectivity index (χ3n) is 4.58. The summed E-state index contributed by atoms with van der Waals surface area (Å²) in [6, 6.07) is 16.7. The molecule has 0 amide bonds. The summed E-state index contributed by atoms with van der Waals surface area (Å²) in [7, 11) is 2.05. The summed E-state index contributed by atoms with van der Waals surface area (Å²) >= 11 is 0. The number of aromatic nitrogens is 3.